The first-order chi connectivity index (χ1) is 14.7. The Hall–Kier alpha value is -3.65. The highest BCUT2D eigenvalue weighted by Gasteiger charge is 2.19. The SMILES string of the molecule is CC(=O)c1ccc(S(=O)(=O)Nc2ccc(N(C)Cc3ccccc3)c(C(=O)O)c2)cc1. The van der Waals surface area contributed by atoms with Gasteiger partial charge in [0.05, 0.1) is 16.1 Å². The van der Waals surface area contributed by atoms with Crippen molar-refractivity contribution in [1.82, 2.24) is 0 Å². The summed E-state index contributed by atoms with van der Waals surface area (Å²) < 4.78 is 27.7. The Balaban J connectivity index is 1.86. The van der Waals surface area contributed by atoms with Crippen molar-refractivity contribution >= 4 is 33.2 Å². The predicted octanol–water partition coefficient (Wildman–Crippen LogP) is 4.02. The summed E-state index contributed by atoms with van der Waals surface area (Å²) in [6.07, 6.45) is 0. The zero-order valence-electron chi connectivity index (χ0n) is 17.1. The number of hydrogen-bond donors (Lipinski definition) is 2. The predicted molar refractivity (Wildman–Crippen MR) is 119 cm³/mol. The lowest BCUT2D eigenvalue weighted by atomic mass is 10.1. The van der Waals surface area contributed by atoms with Crippen molar-refractivity contribution in [3.05, 3.63) is 89.5 Å². The van der Waals surface area contributed by atoms with Crippen molar-refractivity contribution in [3.63, 3.8) is 0 Å². The van der Waals surface area contributed by atoms with Gasteiger partial charge in [0.25, 0.3) is 10.0 Å². The van der Waals surface area contributed by atoms with Gasteiger partial charge in [0.15, 0.2) is 5.78 Å². The largest absolute Gasteiger partial charge is 0.478 e. The molecule has 0 amide bonds. The van der Waals surface area contributed by atoms with Gasteiger partial charge in [-0.2, -0.15) is 0 Å². The van der Waals surface area contributed by atoms with E-state index in [9.17, 15) is 23.1 Å². The normalized spacial score (nSPS) is 11.0. The van der Waals surface area contributed by atoms with Crippen molar-refractivity contribution in [2.45, 2.75) is 18.4 Å². The number of rotatable bonds is 8. The van der Waals surface area contributed by atoms with Crippen LogP contribution in [0.2, 0.25) is 0 Å². The molecule has 0 aromatic heterocycles. The van der Waals surface area contributed by atoms with E-state index in [1.54, 1.807) is 18.0 Å². The van der Waals surface area contributed by atoms with Crippen LogP contribution in [0.15, 0.2) is 77.7 Å². The van der Waals surface area contributed by atoms with Gasteiger partial charge >= 0.3 is 5.97 Å². The second-order valence-corrected chi connectivity index (χ2v) is 8.75. The molecule has 0 heterocycles. The molecule has 3 rings (SSSR count). The molecule has 31 heavy (non-hydrogen) atoms. The highest BCUT2D eigenvalue weighted by atomic mass is 32.2. The minimum atomic E-state index is -3.95. The van der Waals surface area contributed by atoms with Crippen LogP contribution >= 0.6 is 0 Å². The van der Waals surface area contributed by atoms with Gasteiger partial charge in [-0.15, -0.1) is 0 Å². The van der Waals surface area contributed by atoms with E-state index in [1.165, 1.54) is 43.3 Å². The van der Waals surface area contributed by atoms with Gasteiger partial charge in [-0.25, -0.2) is 13.2 Å². The molecule has 3 aromatic rings. The number of carboxylic acid groups (broad SMARTS) is 1. The average molecular weight is 439 g/mol. The molecule has 0 bridgehead atoms. The monoisotopic (exact) mass is 438 g/mol. The highest BCUT2D eigenvalue weighted by Crippen LogP contribution is 2.26. The number of carbonyl (C=O) groups excluding carboxylic acids is 1. The molecule has 0 saturated heterocycles. The number of Topliss-reactive ketones (excluding diaryl/α,β-unsaturated/α-hetero) is 1. The van der Waals surface area contributed by atoms with Crippen LogP contribution in [0, 0.1) is 0 Å². The second-order valence-electron chi connectivity index (χ2n) is 7.06. The van der Waals surface area contributed by atoms with Crippen LogP contribution in [-0.4, -0.2) is 32.3 Å². The molecular formula is C23H22N2O5S. The third kappa shape index (κ3) is 5.29. The van der Waals surface area contributed by atoms with E-state index in [2.05, 4.69) is 4.72 Å². The molecule has 0 saturated carbocycles. The third-order valence-corrected chi connectivity index (χ3v) is 6.12. The first-order valence-corrected chi connectivity index (χ1v) is 10.9. The molecule has 7 nitrogen and oxygen atoms in total. The summed E-state index contributed by atoms with van der Waals surface area (Å²) >= 11 is 0. The smallest absolute Gasteiger partial charge is 0.337 e. The number of carbonyl (C=O) groups is 2. The molecule has 8 heteroatoms. The van der Waals surface area contributed by atoms with E-state index >= 15 is 0 Å². The standard InChI is InChI=1S/C23H22N2O5S/c1-16(26)18-8-11-20(12-9-18)31(29,30)24-19-10-13-22(21(14-19)23(27)28)25(2)15-17-6-4-3-5-7-17/h3-14,24H,15H2,1-2H3,(H,27,28). The van der Waals surface area contributed by atoms with Crippen LogP contribution in [0.25, 0.3) is 0 Å². The molecule has 0 spiro atoms. The Morgan fingerprint density at radius 3 is 2.19 bits per heavy atom. The van der Waals surface area contributed by atoms with Crippen molar-refractivity contribution in [3.8, 4) is 0 Å². The average Bonchev–Trinajstić information content (AvgIpc) is 2.74. The Morgan fingerprint density at radius 2 is 1.61 bits per heavy atom. The number of benzene rings is 3. The number of ketones is 1. The van der Waals surface area contributed by atoms with Crippen LogP contribution in [0.4, 0.5) is 11.4 Å². The lowest BCUT2D eigenvalue weighted by Gasteiger charge is -2.22. The highest BCUT2D eigenvalue weighted by molar-refractivity contribution is 7.92. The molecule has 0 fully saturated rings. The molecule has 0 unspecified atom stereocenters. The number of sulfonamides is 1. The molecule has 0 atom stereocenters. The maximum Gasteiger partial charge on any atom is 0.337 e. The maximum absolute atomic E-state index is 12.7. The summed E-state index contributed by atoms with van der Waals surface area (Å²) in [6.45, 7) is 1.89. The second kappa shape index (κ2) is 9.01. The van der Waals surface area contributed by atoms with Gasteiger partial charge in [-0.05, 0) is 42.8 Å². The fourth-order valence-electron chi connectivity index (χ4n) is 3.13. The van der Waals surface area contributed by atoms with Gasteiger partial charge in [-0.3, -0.25) is 9.52 Å². The topological polar surface area (TPSA) is 104 Å². The molecule has 2 N–H and O–H groups in total. The van der Waals surface area contributed by atoms with E-state index in [1.807, 2.05) is 30.3 Å². The van der Waals surface area contributed by atoms with E-state index < -0.39 is 16.0 Å². The number of aromatic carboxylic acids is 1. The van der Waals surface area contributed by atoms with E-state index in [0.29, 0.717) is 17.8 Å². The van der Waals surface area contributed by atoms with Gasteiger partial charge in [0.2, 0.25) is 0 Å². The summed E-state index contributed by atoms with van der Waals surface area (Å²) in [5, 5.41) is 9.67. The van der Waals surface area contributed by atoms with Crippen LogP contribution in [0.3, 0.4) is 0 Å². The van der Waals surface area contributed by atoms with Crippen LogP contribution in [-0.2, 0) is 16.6 Å². The maximum atomic E-state index is 12.7. The summed E-state index contributed by atoms with van der Waals surface area (Å²) in [4.78, 5) is 25.0. The summed E-state index contributed by atoms with van der Waals surface area (Å²) in [7, 11) is -2.17. The van der Waals surface area contributed by atoms with Crippen molar-refractivity contribution in [2.75, 3.05) is 16.7 Å². The van der Waals surface area contributed by atoms with Crippen molar-refractivity contribution in [2.24, 2.45) is 0 Å². The van der Waals surface area contributed by atoms with Crippen molar-refractivity contribution in [1.29, 1.82) is 0 Å². The molecular weight excluding hydrogens is 416 g/mol. The lowest BCUT2D eigenvalue weighted by molar-refractivity contribution is 0.0697. The van der Waals surface area contributed by atoms with Gasteiger partial charge in [0, 0.05) is 24.8 Å². The first kappa shape index (κ1) is 22.0. The molecule has 0 aliphatic carbocycles. The molecule has 0 aliphatic rings. The fraction of sp³-hybridized carbons (Fsp3) is 0.130. The Morgan fingerprint density at radius 1 is 0.968 bits per heavy atom. The Kier molecular flexibility index (Phi) is 6.41. The molecule has 0 aliphatic heterocycles. The molecule has 160 valence electrons. The van der Waals surface area contributed by atoms with E-state index in [4.69, 9.17) is 0 Å². The van der Waals surface area contributed by atoms with Crippen molar-refractivity contribution < 1.29 is 23.1 Å². The van der Waals surface area contributed by atoms with E-state index in [-0.39, 0.29) is 21.9 Å². The summed E-state index contributed by atoms with van der Waals surface area (Å²) in [6, 6.07) is 19.5. The minimum Gasteiger partial charge on any atom is -0.478 e. The Bertz CT molecular complexity index is 1210. The number of nitrogens with zero attached hydrogens (tertiary/aromatic N) is 1. The van der Waals surface area contributed by atoms with Gasteiger partial charge < -0.3 is 10.0 Å². The zero-order valence-corrected chi connectivity index (χ0v) is 17.9. The number of carboxylic acids is 1. The first-order valence-electron chi connectivity index (χ1n) is 9.43. The minimum absolute atomic E-state index is 0.0226. The van der Waals surface area contributed by atoms with Crippen LogP contribution < -0.4 is 9.62 Å². The lowest BCUT2D eigenvalue weighted by Crippen LogP contribution is -2.20. The number of anilines is 2. The third-order valence-electron chi connectivity index (χ3n) is 4.72. The van der Waals surface area contributed by atoms with Crippen LogP contribution in [0.5, 0.6) is 0 Å². The van der Waals surface area contributed by atoms with Gasteiger partial charge in [-0.1, -0.05) is 42.5 Å². The summed E-state index contributed by atoms with van der Waals surface area (Å²) in [5.41, 5.74) is 1.98. The van der Waals surface area contributed by atoms with E-state index in [0.717, 1.165) is 5.56 Å². The molecule has 3 aromatic carbocycles. The molecule has 0 radical (unpaired) electrons. The zero-order chi connectivity index (χ0) is 22.6. The Labute approximate surface area is 181 Å². The summed E-state index contributed by atoms with van der Waals surface area (Å²) in [5.74, 6) is -1.33. The van der Waals surface area contributed by atoms with Crippen LogP contribution in [0.1, 0.15) is 33.2 Å². The fourth-order valence-corrected chi connectivity index (χ4v) is 4.18. The number of hydrogen-bond acceptors (Lipinski definition) is 5. The quantitative estimate of drug-likeness (QED) is 0.515. The van der Waals surface area contributed by atoms with Gasteiger partial charge in [0.1, 0.15) is 0 Å². The number of nitrogens with one attached hydrogen (secondary N) is 1.